The van der Waals surface area contributed by atoms with E-state index in [0.717, 1.165) is 5.56 Å². The van der Waals surface area contributed by atoms with E-state index in [4.69, 9.17) is 13.9 Å². The fraction of sp³-hybridized carbons (Fsp3) is 0.619. The van der Waals surface area contributed by atoms with E-state index < -0.39 is 32.5 Å². The van der Waals surface area contributed by atoms with Crippen LogP contribution in [-0.4, -0.2) is 51.1 Å². The van der Waals surface area contributed by atoms with Crippen LogP contribution in [0.3, 0.4) is 0 Å². The molecule has 0 saturated carbocycles. The standard InChI is InChI=1S/C21H33NO5Si/c1-15-13-22(20(24)26-14-16-11-9-8-10-12-16)17(19(23)25-5)18(15)27-28(6,7)21(2,3)4/h8-12,15,17-18H,13-14H2,1-7H3/t15-,17-,18-/m1/s1. The summed E-state index contributed by atoms with van der Waals surface area (Å²) in [5.74, 6) is -0.466. The third kappa shape index (κ3) is 4.94. The molecule has 0 aromatic heterocycles. The fourth-order valence-electron chi connectivity index (χ4n) is 3.09. The summed E-state index contributed by atoms with van der Waals surface area (Å²) in [6, 6.07) is 8.67. The summed E-state index contributed by atoms with van der Waals surface area (Å²) in [6.07, 6.45) is -0.926. The maximum Gasteiger partial charge on any atom is 0.410 e. The summed E-state index contributed by atoms with van der Waals surface area (Å²) >= 11 is 0. The highest BCUT2D eigenvalue weighted by molar-refractivity contribution is 6.74. The second-order valence-electron chi connectivity index (χ2n) is 8.98. The minimum absolute atomic E-state index is 0.00232. The Kier molecular flexibility index (Phi) is 6.93. The van der Waals surface area contributed by atoms with E-state index in [-0.39, 0.29) is 17.6 Å². The van der Waals surface area contributed by atoms with Gasteiger partial charge in [0.1, 0.15) is 6.61 Å². The number of likely N-dealkylation sites (tertiary alicyclic amines) is 1. The van der Waals surface area contributed by atoms with Crippen LogP contribution in [0.4, 0.5) is 4.79 Å². The summed E-state index contributed by atoms with van der Waals surface area (Å²) in [5, 5.41) is -0.00533. The predicted molar refractivity (Wildman–Crippen MR) is 110 cm³/mol. The normalized spacial score (nSPS) is 22.8. The Hall–Kier alpha value is -1.86. The Morgan fingerprint density at radius 2 is 1.79 bits per heavy atom. The number of amides is 1. The highest BCUT2D eigenvalue weighted by atomic mass is 28.4. The summed E-state index contributed by atoms with van der Waals surface area (Å²) < 4.78 is 17.0. The van der Waals surface area contributed by atoms with E-state index in [9.17, 15) is 9.59 Å². The topological polar surface area (TPSA) is 65.1 Å². The zero-order chi connectivity index (χ0) is 21.1. The molecule has 0 unspecified atom stereocenters. The molecular weight excluding hydrogens is 374 g/mol. The number of methoxy groups -OCH3 is 1. The van der Waals surface area contributed by atoms with Crippen molar-refractivity contribution in [3.8, 4) is 0 Å². The van der Waals surface area contributed by atoms with E-state index in [1.165, 1.54) is 12.0 Å². The van der Waals surface area contributed by atoms with E-state index in [1.807, 2.05) is 37.3 Å². The lowest BCUT2D eigenvalue weighted by molar-refractivity contribution is -0.148. The summed E-state index contributed by atoms with van der Waals surface area (Å²) in [7, 11) is -0.799. The Labute approximate surface area is 169 Å². The highest BCUT2D eigenvalue weighted by Gasteiger charge is 2.52. The number of benzene rings is 1. The average Bonchev–Trinajstić information content (AvgIpc) is 2.95. The maximum atomic E-state index is 12.8. The molecule has 1 saturated heterocycles. The van der Waals surface area contributed by atoms with E-state index in [1.54, 1.807) is 0 Å². The molecule has 1 aromatic carbocycles. The first-order chi connectivity index (χ1) is 13.0. The molecule has 6 nitrogen and oxygen atoms in total. The van der Waals surface area contributed by atoms with Crippen molar-refractivity contribution in [3.63, 3.8) is 0 Å². The Balaban J connectivity index is 2.18. The molecular formula is C21H33NO5Si. The molecule has 3 atom stereocenters. The predicted octanol–water partition coefficient (Wildman–Crippen LogP) is 4.21. The van der Waals surface area contributed by atoms with Gasteiger partial charge in [0.2, 0.25) is 0 Å². The molecule has 1 heterocycles. The molecule has 0 aliphatic carbocycles. The molecule has 0 bridgehead atoms. The summed E-state index contributed by atoms with van der Waals surface area (Å²) in [5.41, 5.74) is 0.895. The van der Waals surface area contributed by atoms with Gasteiger partial charge < -0.3 is 13.9 Å². The molecule has 7 heteroatoms. The SMILES string of the molecule is COC(=O)[C@H]1[C@H](O[Si](C)(C)C(C)(C)C)[C@H](C)CN1C(=O)OCc1ccccc1. The van der Waals surface area contributed by atoms with Crippen molar-refractivity contribution < 1.29 is 23.5 Å². The van der Waals surface area contributed by atoms with Crippen molar-refractivity contribution in [1.29, 1.82) is 0 Å². The monoisotopic (exact) mass is 407 g/mol. The van der Waals surface area contributed by atoms with Crippen LogP contribution in [0.5, 0.6) is 0 Å². The van der Waals surface area contributed by atoms with Crippen molar-refractivity contribution in [2.24, 2.45) is 5.92 Å². The number of nitrogens with zero attached hydrogens (tertiary/aromatic N) is 1. The lowest BCUT2D eigenvalue weighted by atomic mass is 10.0. The Morgan fingerprint density at radius 1 is 1.18 bits per heavy atom. The van der Waals surface area contributed by atoms with Crippen LogP contribution in [0.1, 0.15) is 33.3 Å². The van der Waals surface area contributed by atoms with Gasteiger partial charge in [-0.25, -0.2) is 9.59 Å². The van der Waals surface area contributed by atoms with Gasteiger partial charge in [0.15, 0.2) is 14.4 Å². The number of esters is 1. The first kappa shape index (κ1) is 22.4. The Bertz CT molecular complexity index is 686. The molecule has 0 N–H and O–H groups in total. The van der Waals surface area contributed by atoms with Crippen molar-refractivity contribution in [1.82, 2.24) is 4.90 Å². The number of hydrogen-bond donors (Lipinski definition) is 0. The van der Waals surface area contributed by atoms with Gasteiger partial charge in [-0.15, -0.1) is 0 Å². The summed E-state index contributed by atoms with van der Waals surface area (Å²) in [4.78, 5) is 26.8. The fourth-order valence-corrected chi connectivity index (χ4v) is 4.48. The minimum atomic E-state index is -2.13. The number of carbonyl (C=O) groups is 2. The second kappa shape index (κ2) is 8.65. The van der Waals surface area contributed by atoms with Crippen molar-refractivity contribution in [2.75, 3.05) is 13.7 Å². The van der Waals surface area contributed by atoms with Gasteiger partial charge in [-0.05, 0) is 23.7 Å². The molecule has 156 valence electrons. The molecule has 1 aliphatic heterocycles. The minimum Gasteiger partial charge on any atom is -0.467 e. The first-order valence-electron chi connectivity index (χ1n) is 9.71. The third-order valence-corrected chi connectivity index (χ3v) is 10.3. The van der Waals surface area contributed by atoms with Crippen LogP contribution in [0, 0.1) is 5.92 Å². The largest absolute Gasteiger partial charge is 0.467 e. The van der Waals surface area contributed by atoms with E-state index in [2.05, 4.69) is 33.9 Å². The van der Waals surface area contributed by atoms with E-state index in [0.29, 0.717) is 6.54 Å². The highest BCUT2D eigenvalue weighted by Crippen LogP contribution is 2.40. The molecule has 1 amide bonds. The van der Waals surface area contributed by atoms with Crippen LogP contribution in [0.15, 0.2) is 30.3 Å². The smallest absolute Gasteiger partial charge is 0.410 e. The lowest BCUT2D eigenvalue weighted by Crippen LogP contribution is -2.52. The number of ether oxygens (including phenoxy) is 2. The molecule has 28 heavy (non-hydrogen) atoms. The van der Waals surface area contributed by atoms with Gasteiger partial charge in [-0.1, -0.05) is 58.0 Å². The van der Waals surface area contributed by atoms with Crippen LogP contribution in [0.2, 0.25) is 18.1 Å². The van der Waals surface area contributed by atoms with Crippen molar-refractivity contribution >= 4 is 20.4 Å². The Morgan fingerprint density at radius 3 is 2.32 bits per heavy atom. The molecule has 1 fully saturated rings. The zero-order valence-corrected chi connectivity index (χ0v) is 19.0. The van der Waals surface area contributed by atoms with Gasteiger partial charge in [0.05, 0.1) is 13.2 Å². The van der Waals surface area contributed by atoms with Crippen molar-refractivity contribution in [3.05, 3.63) is 35.9 Å². The van der Waals surface area contributed by atoms with Crippen molar-refractivity contribution in [2.45, 2.75) is 64.6 Å². The molecule has 1 aliphatic rings. The van der Waals surface area contributed by atoms with Crippen LogP contribution in [-0.2, 0) is 25.3 Å². The lowest BCUT2D eigenvalue weighted by Gasteiger charge is -2.40. The molecule has 0 spiro atoms. The van der Waals surface area contributed by atoms with Gasteiger partial charge >= 0.3 is 12.1 Å². The molecule has 0 radical (unpaired) electrons. The van der Waals surface area contributed by atoms with E-state index >= 15 is 0 Å². The van der Waals surface area contributed by atoms with Crippen LogP contribution < -0.4 is 0 Å². The molecule has 2 rings (SSSR count). The first-order valence-corrected chi connectivity index (χ1v) is 12.6. The van der Waals surface area contributed by atoms with Gasteiger partial charge in [0, 0.05) is 12.5 Å². The molecule has 1 aromatic rings. The van der Waals surface area contributed by atoms with Crippen LogP contribution >= 0.6 is 0 Å². The second-order valence-corrected chi connectivity index (χ2v) is 13.7. The maximum absolute atomic E-state index is 12.8. The third-order valence-electron chi connectivity index (χ3n) is 5.81. The van der Waals surface area contributed by atoms with Gasteiger partial charge in [-0.3, -0.25) is 4.90 Å². The number of rotatable bonds is 5. The zero-order valence-electron chi connectivity index (χ0n) is 18.0. The quantitative estimate of drug-likeness (QED) is 0.540. The average molecular weight is 408 g/mol. The van der Waals surface area contributed by atoms with Gasteiger partial charge in [-0.2, -0.15) is 0 Å². The summed E-state index contributed by atoms with van der Waals surface area (Å²) in [6.45, 7) is 13.3. The number of hydrogen-bond acceptors (Lipinski definition) is 5. The number of carbonyl (C=O) groups excluding carboxylic acids is 2. The van der Waals surface area contributed by atoms with Crippen LogP contribution in [0.25, 0.3) is 0 Å². The van der Waals surface area contributed by atoms with Gasteiger partial charge in [0.25, 0.3) is 0 Å².